The van der Waals surface area contributed by atoms with Gasteiger partial charge in [-0.3, -0.25) is 0 Å². The Morgan fingerprint density at radius 3 is 2.91 bits per heavy atom. The summed E-state index contributed by atoms with van der Waals surface area (Å²) in [5.74, 6) is 3.52. The van der Waals surface area contributed by atoms with Gasteiger partial charge in [0.15, 0.2) is 17.3 Å². The van der Waals surface area contributed by atoms with Crippen LogP contribution in [0.4, 0.5) is 0 Å². The number of rotatable bonds is 4. The van der Waals surface area contributed by atoms with Crippen LogP contribution in [-0.2, 0) is 5.75 Å². The summed E-state index contributed by atoms with van der Waals surface area (Å²) in [5, 5.41) is 8.02. The number of hydrogen-bond donors (Lipinski definition) is 0. The molecule has 0 unspecified atom stereocenters. The average molecular weight is 346 g/mol. The van der Waals surface area contributed by atoms with Crippen LogP contribution >= 0.6 is 23.1 Å². The van der Waals surface area contributed by atoms with Gasteiger partial charge in [0.2, 0.25) is 0 Å². The van der Waals surface area contributed by atoms with E-state index in [1.807, 2.05) is 35.0 Å². The van der Waals surface area contributed by atoms with Crippen molar-refractivity contribution in [3.05, 3.63) is 40.8 Å². The molecule has 0 atom stereocenters. The Kier molecular flexibility index (Phi) is 4.21. The molecule has 0 saturated carbocycles. The third-order valence-electron chi connectivity index (χ3n) is 3.32. The molecule has 7 heteroatoms. The van der Waals surface area contributed by atoms with Crippen molar-refractivity contribution in [2.24, 2.45) is 0 Å². The Bertz CT molecular complexity index is 786. The zero-order valence-corrected chi connectivity index (χ0v) is 13.9. The number of fused-ring (bicyclic) bond motifs is 1. The van der Waals surface area contributed by atoms with Crippen molar-refractivity contribution in [1.29, 1.82) is 0 Å². The minimum absolute atomic E-state index is 0.570. The number of thioether (sulfide) groups is 1. The fourth-order valence-electron chi connectivity index (χ4n) is 2.20. The molecule has 5 nitrogen and oxygen atoms in total. The zero-order valence-electron chi connectivity index (χ0n) is 12.2. The Balaban J connectivity index is 1.44. The van der Waals surface area contributed by atoms with Gasteiger partial charge in [0.05, 0.1) is 24.5 Å². The molecule has 1 aliphatic rings. The van der Waals surface area contributed by atoms with Crippen molar-refractivity contribution in [2.75, 3.05) is 13.2 Å². The molecule has 118 valence electrons. The van der Waals surface area contributed by atoms with Gasteiger partial charge in [-0.15, -0.1) is 11.8 Å². The number of thiophene rings is 1. The maximum absolute atomic E-state index is 5.71. The molecule has 23 heavy (non-hydrogen) atoms. The molecule has 1 aliphatic heterocycles. The van der Waals surface area contributed by atoms with Crippen molar-refractivity contribution in [3.63, 3.8) is 0 Å². The smallest absolute Gasteiger partial charge is 0.258 e. The highest BCUT2D eigenvalue weighted by atomic mass is 32.2. The number of aromatic nitrogens is 2. The highest BCUT2D eigenvalue weighted by molar-refractivity contribution is 7.98. The van der Waals surface area contributed by atoms with Gasteiger partial charge in [-0.1, -0.05) is 5.16 Å². The van der Waals surface area contributed by atoms with E-state index in [0.29, 0.717) is 30.7 Å². The highest BCUT2D eigenvalue weighted by Gasteiger charge is 2.13. The lowest BCUT2D eigenvalue weighted by Crippen LogP contribution is -1.97. The van der Waals surface area contributed by atoms with Gasteiger partial charge in [-0.05, 0) is 29.6 Å². The van der Waals surface area contributed by atoms with E-state index >= 15 is 0 Å². The first-order valence-corrected chi connectivity index (χ1v) is 9.19. The van der Waals surface area contributed by atoms with Crippen molar-refractivity contribution in [2.45, 2.75) is 17.1 Å². The Hall–Kier alpha value is -1.99. The summed E-state index contributed by atoms with van der Waals surface area (Å²) >= 11 is 3.26. The van der Waals surface area contributed by atoms with Crippen molar-refractivity contribution >= 4 is 23.1 Å². The van der Waals surface area contributed by atoms with Gasteiger partial charge in [0.25, 0.3) is 5.89 Å². The van der Waals surface area contributed by atoms with Crippen LogP contribution in [-0.4, -0.2) is 23.4 Å². The normalized spacial score (nSPS) is 13.7. The maximum Gasteiger partial charge on any atom is 0.258 e. The second-order valence-corrected chi connectivity index (χ2v) is 6.80. The number of hydrogen-bond acceptors (Lipinski definition) is 7. The average Bonchev–Trinajstić information content (AvgIpc) is 3.20. The lowest BCUT2D eigenvalue weighted by Gasteiger charge is -2.08. The van der Waals surface area contributed by atoms with Crippen molar-refractivity contribution in [3.8, 4) is 23.0 Å². The first-order chi connectivity index (χ1) is 11.4. The molecule has 0 amide bonds. The van der Waals surface area contributed by atoms with Crippen LogP contribution in [0.15, 0.2) is 44.4 Å². The second-order valence-electron chi connectivity index (χ2n) is 4.98. The molecule has 0 fully saturated rings. The van der Waals surface area contributed by atoms with E-state index < -0.39 is 0 Å². The molecule has 4 rings (SSSR count). The largest absolute Gasteiger partial charge is 0.490 e. The first kappa shape index (κ1) is 14.6. The lowest BCUT2D eigenvalue weighted by molar-refractivity contribution is 0.297. The number of benzene rings is 1. The Labute approximate surface area is 141 Å². The van der Waals surface area contributed by atoms with Crippen LogP contribution in [0.3, 0.4) is 0 Å². The van der Waals surface area contributed by atoms with Gasteiger partial charge < -0.3 is 14.0 Å². The van der Waals surface area contributed by atoms with Crippen LogP contribution in [0.2, 0.25) is 0 Å². The summed E-state index contributed by atoms with van der Waals surface area (Å²) in [7, 11) is 0. The standard InChI is InChI=1S/C16H14N2O3S2/c1-5-19-13-3-2-12(8-14(13)20-6-1)23-10-15-17-16(21-18-15)11-4-7-22-9-11/h2-4,7-9H,1,5-6,10H2. The van der Waals surface area contributed by atoms with Crippen LogP contribution < -0.4 is 9.47 Å². The van der Waals surface area contributed by atoms with Gasteiger partial charge in [0, 0.05) is 16.7 Å². The molecule has 2 aromatic heterocycles. The third-order valence-corrected chi connectivity index (χ3v) is 5.00. The summed E-state index contributed by atoms with van der Waals surface area (Å²) < 4.78 is 16.6. The Morgan fingerprint density at radius 2 is 2.04 bits per heavy atom. The van der Waals surface area contributed by atoms with E-state index in [9.17, 15) is 0 Å². The highest BCUT2D eigenvalue weighted by Crippen LogP contribution is 2.34. The van der Waals surface area contributed by atoms with E-state index in [0.717, 1.165) is 28.4 Å². The molecule has 3 heterocycles. The molecule has 0 N–H and O–H groups in total. The number of ether oxygens (including phenoxy) is 2. The van der Waals surface area contributed by atoms with Crippen LogP contribution in [0.25, 0.3) is 11.5 Å². The fraction of sp³-hybridized carbons (Fsp3) is 0.250. The molecule has 0 radical (unpaired) electrons. The Morgan fingerprint density at radius 1 is 1.13 bits per heavy atom. The maximum atomic E-state index is 5.71. The molecule has 1 aromatic carbocycles. The second kappa shape index (κ2) is 6.64. The zero-order chi connectivity index (χ0) is 15.5. The molecule has 0 aliphatic carbocycles. The summed E-state index contributed by atoms with van der Waals surface area (Å²) in [4.78, 5) is 5.52. The first-order valence-electron chi connectivity index (χ1n) is 7.26. The summed E-state index contributed by atoms with van der Waals surface area (Å²) in [6, 6.07) is 7.96. The molecule has 0 saturated heterocycles. The van der Waals surface area contributed by atoms with Crippen molar-refractivity contribution in [1.82, 2.24) is 10.1 Å². The predicted octanol–water partition coefficient (Wildman–Crippen LogP) is 4.25. The SMILES string of the molecule is c1cc(-c2nc(CSc3ccc4c(c3)OCCCO4)no2)cs1. The monoisotopic (exact) mass is 346 g/mol. The minimum Gasteiger partial charge on any atom is -0.490 e. The molecule has 0 spiro atoms. The van der Waals surface area contributed by atoms with Crippen LogP contribution in [0.5, 0.6) is 11.5 Å². The summed E-state index contributed by atoms with van der Waals surface area (Å²) in [6.07, 6.45) is 0.908. The van der Waals surface area contributed by atoms with Gasteiger partial charge in [0.1, 0.15) is 0 Å². The van der Waals surface area contributed by atoms with E-state index in [4.69, 9.17) is 14.0 Å². The lowest BCUT2D eigenvalue weighted by atomic mass is 10.3. The predicted molar refractivity (Wildman–Crippen MR) is 89.2 cm³/mol. The van der Waals surface area contributed by atoms with Crippen LogP contribution in [0.1, 0.15) is 12.2 Å². The van der Waals surface area contributed by atoms with Crippen LogP contribution in [0, 0.1) is 0 Å². The van der Waals surface area contributed by atoms with Gasteiger partial charge >= 0.3 is 0 Å². The molecular formula is C16H14N2O3S2. The summed E-state index contributed by atoms with van der Waals surface area (Å²) in [6.45, 7) is 1.39. The minimum atomic E-state index is 0.570. The fourth-order valence-corrected chi connectivity index (χ4v) is 3.59. The summed E-state index contributed by atoms with van der Waals surface area (Å²) in [5.41, 5.74) is 0.967. The van der Waals surface area contributed by atoms with E-state index in [-0.39, 0.29) is 0 Å². The molecule has 0 bridgehead atoms. The third kappa shape index (κ3) is 3.35. The quantitative estimate of drug-likeness (QED) is 0.658. The van der Waals surface area contributed by atoms with E-state index in [2.05, 4.69) is 10.1 Å². The molecule has 3 aromatic rings. The van der Waals surface area contributed by atoms with E-state index in [1.54, 1.807) is 23.1 Å². The number of nitrogens with zero attached hydrogens (tertiary/aromatic N) is 2. The van der Waals surface area contributed by atoms with Gasteiger partial charge in [-0.25, -0.2) is 0 Å². The molecular weight excluding hydrogens is 332 g/mol. The van der Waals surface area contributed by atoms with Gasteiger partial charge in [-0.2, -0.15) is 16.3 Å². The van der Waals surface area contributed by atoms with Crippen molar-refractivity contribution < 1.29 is 14.0 Å². The van der Waals surface area contributed by atoms with E-state index in [1.165, 1.54) is 0 Å². The topological polar surface area (TPSA) is 57.4 Å².